The lowest BCUT2D eigenvalue weighted by atomic mass is 9.44. The second-order valence-corrected chi connectivity index (χ2v) is 11.2. The molecule has 4 aliphatic rings. The second kappa shape index (κ2) is 13.8. The number of rotatable bonds is 3. The fraction of sp³-hybridized carbons (Fsp3) is 1.00. The molecular formula is C27H55NO2S. The number of aliphatic hydroxyl groups is 1. The largest absolute Gasteiger partial charge is 0.400 e. The predicted octanol–water partition coefficient (Wildman–Crippen LogP) is 8.17. The molecule has 186 valence electrons. The summed E-state index contributed by atoms with van der Waals surface area (Å²) < 4.78 is 7.26. The molecule has 0 saturated heterocycles. The van der Waals surface area contributed by atoms with Crippen molar-refractivity contribution in [2.75, 3.05) is 7.11 Å². The van der Waals surface area contributed by atoms with Crippen LogP contribution in [-0.4, -0.2) is 16.8 Å². The van der Waals surface area contributed by atoms with Crippen molar-refractivity contribution in [2.45, 2.75) is 119 Å². The maximum atomic E-state index is 7.26. The summed E-state index contributed by atoms with van der Waals surface area (Å²) in [5.74, 6) is 6.30. The Kier molecular flexibility index (Phi) is 13.0. The van der Waals surface area contributed by atoms with Crippen LogP contribution >= 0.6 is 12.2 Å². The quantitative estimate of drug-likeness (QED) is 0.295. The molecule has 8 atom stereocenters. The lowest BCUT2D eigenvalue weighted by Crippen LogP contribution is -2.53. The first-order chi connectivity index (χ1) is 14.9. The van der Waals surface area contributed by atoms with Gasteiger partial charge in [0.1, 0.15) is 0 Å². The molecule has 0 aromatic rings. The van der Waals surface area contributed by atoms with E-state index < -0.39 is 0 Å². The molecule has 0 heterocycles. The Hall–Kier alpha value is 0.230. The molecule has 4 N–H and O–H groups in total. The summed E-state index contributed by atoms with van der Waals surface area (Å²) in [6.45, 7) is 14.4. The van der Waals surface area contributed by atoms with Crippen LogP contribution in [0.1, 0.15) is 119 Å². The summed E-state index contributed by atoms with van der Waals surface area (Å²) in [5, 5.41) is 11.3. The highest BCUT2D eigenvalue weighted by Crippen LogP contribution is 2.68. The average molecular weight is 458 g/mol. The van der Waals surface area contributed by atoms with E-state index in [2.05, 4.69) is 32.8 Å². The Morgan fingerprint density at radius 2 is 1.52 bits per heavy atom. The van der Waals surface area contributed by atoms with Crippen molar-refractivity contribution in [3.8, 4) is 0 Å². The molecule has 0 bridgehead atoms. The van der Waals surface area contributed by atoms with Crippen LogP contribution in [0, 0.1) is 46.3 Å². The normalized spacial score (nSPS) is 41.4. The molecule has 5 unspecified atom stereocenters. The Morgan fingerprint density at radius 3 is 2.13 bits per heavy atom. The van der Waals surface area contributed by atoms with Gasteiger partial charge in [-0.15, -0.1) is 0 Å². The summed E-state index contributed by atoms with van der Waals surface area (Å²) in [4.78, 5) is 0. The molecule has 0 amide bonds. The van der Waals surface area contributed by atoms with E-state index in [1.54, 1.807) is 51.4 Å². The Bertz CT molecular complexity index is 490. The molecule has 4 aliphatic carbocycles. The van der Waals surface area contributed by atoms with Gasteiger partial charge in [-0.1, -0.05) is 67.2 Å². The number of aliphatic hydroxyl groups excluding tert-OH is 1. The van der Waals surface area contributed by atoms with E-state index in [0.29, 0.717) is 5.41 Å². The molecule has 0 radical (unpaired) electrons. The van der Waals surface area contributed by atoms with Crippen LogP contribution in [0.5, 0.6) is 0 Å². The molecule has 4 heteroatoms. The molecule has 0 spiro atoms. The van der Waals surface area contributed by atoms with Crippen LogP contribution < -0.4 is 5.14 Å². The van der Waals surface area contributed by atoms with Crippen molar-refractivity contribution in [2.24, 2.45) is 51.5 Å². The van der Waals surface area contributed by atoms with Crippen molar-refractivity contribution >= 4 is 12.2 Å². The average Bonchev–Trinajstić information content (AvgIpc) is 3.14. The van der Waals surface area contributed by atoms with Gasteiger partial charge in [0.05, 0.1) is 12.2 Å². The third-order valence-corrected chi connectivity index (χ3v) is 10.1. The minimum Gasteiger partial charge on any atom is -0.400 e. The zero-order valence-corrected chi connectivity index (χ0v) is 22.6. The first-order valence-electron chi connectivity index (χ1n) is 13.4. The van der Waals surface area contributed by atoms with Crippen molar-refractivity contribution in [1.82, 2.24) is 0 Å². The highest BCUT2D eigenvalue weighted by atomic mass is 32.2. The van der Waals surface area contributed by atoms with Gasteiger partial charge in [-0.25, -0.2) is 0 Å². The molecular weight excluding hydrogens is 402 g/mol. The molecule has 31 heavy (non-hydrogen) atoms. The van der Waals surface area contributed by atoms with Crippen molar-refractivity contribution in [1.29, 1.82) is 0 Å². The van der Waals surface area contributed by atoms with E-state index in [1.807, 2.05) is 13.8 Å². The van der Waals surface area contributed by atoms with Gasteiger partial charge < -0.3 is 9.66 Å². The van der Waals surface area contributed by atoms with Gasteiger partial charge in [-0.05, 0) is 97.7 Å². The van der Waals surface area contributed by atoms with E-state index in [4.69, 9.17) is 9.66 Å². The monoisotopic (exact) mass is 457 g/mol. The highest BCUT2D eigenvalue weighted by molar-refractivity contribution is 7.91. The lowest BCUT2D eigenvalue weighted by Gasteiger charge is -2.61. The lowest BCUT2D eigenvalue weighted by molar-refractivity contribution is -0.114. The van der Waals surface area contributed by atoms with Crippen LogP contribution in [0.25, 0.3) is 0 Å². The van der Waals surface area contributed by atoms with E-state index in [-0.39, 0.29) is 12.2 Å². The standard InChI is InChI=1S/C24H42.C2H6.CH4O.H3NOS/c1-5-8-17(2)20-12-13-21-19-11-10-18-9-6-7-15-23(18,3)22(19)14-16-24(20,21)4;2*1-2;1-3-2/h17-22H,5-16H2,1-4H3;1-2H3;2H,1H3;2H,1H2/t17-,18?,19?,20-,21+,22?,23?,24?;;;/m1.../s1. The van der Waals surface area contributed by atoms with Crippen LogP contribution in [0.2, 0.25) is 0 Å². The van der Waals surface area contributed by atoms with Crippen LogP contribution in [-0.2, 0) is 0 Å². The summed E-state index contributed by atoms with van der Waals surface area (Å²) in [7, 11) is 1.00. The van der Waals surface area contributed by atoms with E-state index in [1.165, 1.54) is 25.7 Å². The molecule has 4 rings (SSSR count). The van der Waals surface area contributed by atoms with E-state index >= 15 is 0 Å². The second-order valence-electron chi connectivity index (χ2n) is 11.0. The SMILES string of the molecule is CC.CCC[C@@H](C)[C@H]1CC[C@H]2C3CCC4CCCCC4(C)C3CCC12C.CO.NSO. The fourth-order valence-electron chi connectivity index (χ4n) is 8.93. The number of fused-ring (bicyclic) bond motifs is 5. The summed E-state index contributed by atoms with van der Waals surface area (Å²) in [6, 6.07) is 0. The highest BCUT2D eigenvalue weighted by Gasteiger charge is 2.59. The molecule has 0 aromatic heterocycles. The maximum Gasteiger partial charge on any atom is 0.0729 e. The minimum absolute atomic E-state index is 0.250. The maximum absolute atomic E-state index is 7.26. The fourth-order valence-corrected chi connectivity index (χ4v) is 8.93. The topological polar surface area (TPSA) is 66.5 Å². The number of nitrogens with two attached hydrogens (primary N) is 1. The smallest absolute Gasteiger partial charge is 0.0729 e. The molecule has 0 aromatic carbocycles. The zero-order valence-electron chi connectivity index (χ0n) is 21.8. The summed E-state index contributed by atoms with van der Waals surface area (Å²) in [6.07, 6.45) is 18.4. The van der Waals surface area contributed by atoms with E-state index in [9.17, 15) is 0 Å². The van der Waals surface area contributed by atoms with Gasteiger partial charge in [0.2, 0.25) is 0 Å². The molecule has 3 nitrogen and oxygen atoms in total. The first-order valence-corrected chi connectivity index (χ1v) is 14.2. The molecule has 4 saturated carbocycles. The van der Waals surface area contributed by atoms with Crippen LogP contribution in [0.15, 0.2) is 0 Å². The van der Waals surface area contributed by atoms with Gasteiger partial charge in [-0.3, -0.25) is 5.14 Å². The van der Waals surface area contributed by atoms with Gasteiger partial charge in [0, 0.05) is 7.11 Å². The molecule has 0 aliphatic heterocycles. The Labute approximate surface area is 199 Å². The van der Waals surface area contributed by atoms with Gasteiger partial charge in [0.25, 0.3) is 0 Å². The van der Waals surface area contributed by atoms with E-state index in [0.717, 1.165) is 48.0 Å². The summed E-state index contributed by atoms with van der Waals surface area (Å²) in [5.41, 5.74) is 1.41. The third kappa shape index (κ3) is 6.03. The van der Waals surface area contributed by atoms with Gasteiger partial charge in [0.15, 0.2) is 0 Å². The van der Waals surface area contributed by atoms with Crippen molar-refractivity contribution in [3.05, 3.63) is 0 Å². The van der Waals surface area contributed by atoms with Gasteiger partial charge >= 0.3 is 0 Å². The van der Waals surface area contributed by atoms with Crippen LogP contribution in [0.4, 0.5) is 0 Å². The Balaban J connectivity index is 0.000000620. The summed E-state index contributed by atoms with van der Waals surface area (Å²) >= 11 is 0.250. The zero-order chi connectivity index (χ0) is 23.7. The molecule has 4 fully saturated rings. The minimum atomic E-state index is 0.250. The van der Waals surface area contributed by atoms with Crippen LogP contribution in [0.3, 0.4) is 0 Å². The predicted molar refractivity (Wildman–Crippen MR) is 138 cm³/mol. The van der Waals surface area contributed by atoms with Crippen molar-refractivity contribution in [3.63, 3.8) is 0 Å². The number of hydrogen-bond acceptors (Lipinski definition) is 4. The first kappa shape index (κ1) is 29.3. The van der Waals surface area contributed by atoms with Gasteiger partial charge in [-0.2, -0.15) is 0 Å². The number of hydrogen-bond donors (Lipinski definition) is 3. The van der Waals surface area contributed by atoms with Crippen molar-refractivity contribution < 1.29 is 9.66 Å². The Morgan fingerprint density at radius 1 is 0.903 bits per heavy atom. The third-order valence-electron chi connectivity index (χ3n) is 10.1.